The maximum atomic E-state index is 12.3. The lowest BCUT2D eigenvalue weighted by Gasteiger charge is -2.14. The molecular formula is C18H18N2O4. The summed E-state index contributed by atoms with van der Waals surface area (Å²) >= 11 is 0. The van der Waals surface area contributed by atoms with Crippen LogP contribution in [0.3, 0.4) is 0 Å². The van der Waals surface area contributed by atoms with Crippen LogP contribution in [0.1, 0.15) is 17.3 Å². The highest BCUT2D eigenvalue weighted by Gasteiger charge is 2.21. The molecule has 1 atom stereocenters. The second kappa shape index (κ2) is 8.47. The maximum Gasteiger partial charge on any atom is 0.344 e. The average molecular weight is 326 g/mol. The number of pyridine rings is 1. The van der Waals surface area contributed by atoms with Crippen LogP contribution in [0.2, 0.25) is 0 Å². The van der Waals surface area contributed by atoms with E-state index in [2.05, 4.69) is 16.9 Å². The quantitative estimate of drug-likeness (QED) is 0.625. The summed E-state index contributed by atoms with van der Waals surface area (Å²) in [6, 6.07) is 12.1. The molecule has 1 heterocycles. The van der Waals surface area contributed by atoms with Crippen LogP contribution in [0.4, 0.5) is 0 Å². The van der Waals surface area contributed by atoms with Crippen LogP contribution in [0.25, 0.3) is 0 Å². The smallest absolute Gasteiger partial charge is 0.344 e. The number of benzene rings is 1. The van der Waals surface area contributed by atoms with E-state index < -0.39 is 18.0 Å². The fourth-order valence-corrected chi connectivity index (χ4v) is 1.82. The first-order valence-electron chi connectivity index (χ1n) is 7.39. The molecule has 2 rings (SSSR count). The molecule has 0 unspecified atom stereocenters. The zero-order chi connectivity index (χ0) is 17.4. The van der Waals surface area contributed by atoms with Gasteiger partial charge in [-0.25, -0.2) is 9.78 Å². The Hall–Kier alpha value is -3.15. The molecule has 0 fully saturated rings. The van der Waals surface area contributed by atoms with E-state index in [1.165, 1.54) is 19.2 Å². The van der Waals surface area contributed by atoms with Gasteiger partial charge in [-0.15, -0.1) is 6.58 Å². The zero-order valence-electron chi connectivity index (χ0n) is 13.3. The molecule has 0 aliphatic carbocycles. The molecule has 6 nitrogen and oxygen atoms in total. The number of hydrogen-bond donors (Lipinski definition) is 1. The number of esters is 1. The van der Waals surface area contributed by atoms with Gasteiger partial charge in [0.05, 0.1) is 0 Å². The second-order valence-corrected chi connectivity index (χ2v) is 4.85. The first kappa shape index (κ1) is 17.2. The van der Waals surface area contributed by atoms with Gasteiger partial charge in [-0.05, 0) is 31.2 Å². The van der Waals surface area contributed by atoms with Gasteiger partial charge in [0.2, 0.25) is 5.88 Å². The van der Waals surface area contributed by atoms with Gasteiger partial charge in [0.25, 0.3) is 5.91 Å². The minimum Gasteiger partial charge on any atom is -0.449 e. The standard InChI is InChI=1S/C18H18N2O4/c1-3-11-19-16(21)13(2)23-18(22)15-10-7-12-20-17(15)24-14-8-5-4-6-9-14/h3-10,12-13H,1,11H2,2H3,(H,19,21)/t13-/m0/s1. The van der Waals surface area contributed by atoms with Gasteiger partial charge in [-0.2, -0.15) is 0 Å². The van der Waals surface area contributed by atoms with E-state index in [1.807, 2.05) is 18.2 Å². The number of ether oxygens (including phenoxy) is 2. The molecule has 1 amide bonds. The zero-order valence-corrected chi connectivity index (χ0v) is 13.3. The fraction of sp³-hybridized carbons (Fsp3) is 0.167. The summed E-state index contributed by atoms with van der Waals surface area (Å²) in [6.45, 7) is 5.30. The van der Waals surface area contributed by atoms with Gasteiger partial charge < -0.3 is 14.8 Å². The van der Waals surface area contributed by atoms with Crippen LogP contribution < -0.4 is 10.1 Å². The molecule has 1 aromatic carbocycles. The van der Waals surface area contributed by atoms with Crippen LogP contribution in [0.5, 0.6) is 11.6 Å². The molecule has 0 aliphatic rings. The summed E-state index contributed by atoms with van der Waals surface area (Å²) in [5, 5.41) is 2.56. The van der Waals surface area contributed by atoms with Crippen molar-refractivity contribution in [3.8, 4) is 11.6 Å². The predicted molar refractivity (Wildman–Crippen MR) is 88.8 cm³/mol. The summed E-state index contributed by atoms with van der Waals surface area (Å²) in [5.74, 6) is -0.428. The molecule has 0 saturated carbocycles. The van der Waals surface area contributed by atoms with Crippen molar-refractivity contribution in [1.29, 1.82) is 0 Å². The van der Waals surface area contributed by atoms with E-state index in [-0.39, 0.29) is 11.4 Å². The number of hydrogen-bond acceptors (Lipinski definition) is 5. The molecule has 1 aromatic heterocycles. The van der Waals surface area contributed by atoms with Crippen molar-refractivity contribution in [3.05, 3.63) is 66.9 Å². The molecular weight excluding hydrogens is 308 g/mol. The van der Waals surface area contributed by atoms with Gasteiger partial charge in [0.15, 0.2) is 6.10 Å². The van der Waals surface area contributed by atoms with E-state index in [1.54, 1.807) is 24.3 Å². The van der Waals surface area contributed by atoms with Gasteiger partial charge >= 0.3 is 5.97 Å². The Kier molecular flexibility index (Phi) is 6.08. The van der Waals surface area contributed by atoms with E-state index in [0.717, 1.165) is 0 Å². The van der Waals surface area contributed by atoms with Gasteiger partial charge in [0, 0.05) is 12.7 Å². The lowest BCUT2D eigenvalue weighted by Crippen LogP contribution is -2.35. The predicted octanol–water partition coefficient (Wildman–Crippen LogP) is 2.72. The number of amides is 1. The van der Waals surface area contributed by atoms with Crippen LogP contribution in [-0.4, -0.2) is 29.5 Å². The summed E-state index contributed by atoms with van der Waals surface area (Å²) in [7, 11) is 0. The van der Waals surface area contributed by atoms with Gasteiger partial charge in [-0.3, -0.25) is 4.79 Å². The lowest BCUT2D eigenvalue weighted by molar-refractivity contribution is -0.128. The molecule has 124 valence electrons. The third kappa shape index (κ3) is 4.67. The topological polar surface area (TPSA) is 77.5 Å². The summed E-state index contributed by atoms with van der Waals surface area (Å²) in [6.07, 6.45) is 2.11. The van der Waals surface area contributed by atoms with Crippen LogP contribution in [0, 0.1) is 0 Å². The normalized spacial score (nSPS) is 11.2. The van der Waals surface area contributed by atoms with Crippen LogP contribution in [-0.2, 0) is 9.53 Å². The van der Waals surface area contributed by atoms with E-state index >= 15 is 0 Å². The number of rotatable bonds is 7. The molecule has 1 N–H and O–H groups in total. The number of aromatic nitrogens is 1. The second-order valence-electron chi connectivity index (χ2n) is 4.85. The Morgan fingerprint density at radius 1 is 1.25 bits per heavy atom. The number of nitrogens with zero attached hydrogens (tertiary/aromatic N) is 1. The summed E-state index contributed by atoms with van der Waals surface area (Å²) in [5.41, 5.74) is 0.143. The van der Waals surface area contributed by atoms with Gasteiger partial charge in [0.1, 0.15) is 11.3 Å². The Morgan fingerprint density at radius 3 is 2.71 bits per heavy atom. The van der Waals surface area contributed by atoms with E-state index in [4.69, 9.17) is 9.47 Å². The SMILES string of the molecule is C=CCNC(=O)[C@H](C)OC(=O)c1cccnc1Oc1ccccc1. The third-order valence-corrected chi connectivity index (χ3v) is 3.02. The minimum atomic E-state index is -0.942. The Morgan fingerprint density at radius 2 is 2.00 bits per heavy atom. The molecule has 6 heteroatoms. The number of carbonyl (C=O) groups excluding carboxylic acids is 2. The molecule has 0 aliphatic heterocycles. The first-order chi connectivity index (χ1) is 11.6. The highest BCUT2D eigenvalue weighted by atomic mass is 16.6. The minimum absolute atomic E-state index is 0.118. The fourth-order valence-electron chi connectivity index (χ4n) is 1.82. The van der Waals surface area contributed by atoms with Crippen LogP contribution >= 0.6 is 0 Å². The summed E-state index contributed by atoms with van der Waals surface area (Å²) < 4.78 is 10.8. The molecule has 0 bridgehead atoms. The van der Waals surface area contributed by atoms with Crippen molar-refractivity contribution in [2.45, 2.75) is 13.0 Å². The summed E-state index contributed by atoms with van der Waals surface area (Å²) in [4.78, 5) is 28.1. The Bertz CT molecular complexity index is 716. The Balaban J connectivity index is 2.09. The largest absolute Gasteiger partial charge is 0.449 e. The first-order valence-corrected chi connectivity index (χ1v) is 7.39. The van der Waals surface area contributed by atoms with Crippen LogP contribution in [0.15, 0.2) is 61.3 Å². The highest BCUT2D eigenvalue weighted by Crippen LogP contribution is 2.23. The monoisotopic (exact) mass is 326 g/mol. The van der Waals surface area contributed by atoms with E-state index in [0.29, 0.717) is 12.3 Å². The van der Waals surface area contributed by atoms with Crippen molar-refractivity contribution in [1.82, 2.24) is 10.3 Å². The average Bonchev–Trinajstić information content (AvgIpc) is 2.60. The molecule has 0 spiro atoms. The van der Waals surface area contributed by atoms with Crippen molar-refractivity contribution in [2.75, 3.05) is 6.54 Å². The van der Waals surface area contributed by atoms with Crippen molar-refractivity contribution in [3.63, 3.8) is 0 Å². The third-order valence-electron chi connectivity index (χ3n) is 3.02. The molecule has 0 saturated heterocycles. The number of carbonyl (C=O) groups is 2. The highest BCUT2D eigenvalue weighted by molar-refractivity contribution is 5.94. The molecule has 0 radical (unpaired) electrons. The number of nitrogens with one attached hydrogen (secondary N) is 1. The van der Waals surface area contributed by atoms with Crippen molar-refractivity contribution < 1.29 is 19.1 Å². The maximum absolute atomic E-state index is 12.3. The van der Waals surface area contributed by atoms with E-state index in [9.17, 15) is 9.59 Å². The van der Waals surface area contributed by atoms with Crippen molar-refractivity contribution in [2.24, 2.45) is 0 Å². The number of para-hydroxylation sites is 1. The Labute approximate surface area is 140 Å². The molecule has 2 aromatic rings. The molecule has 24 heavy (non-hydrogen) atoms. The van der Waals surface area contributed by atoms with Gasteiger partial charge in [-0.1, -0.05) is 24.3 Å². The lowest BCUT2D eigenvalue weighted by atomic mass is 10.2. The van der Waals surface area contributed by atoms with Crippen molar-refractivity contribution >= 4 is 11.9 Å².